The average Bonchev–Trinajstić information content (AvgIpc) is 1.90. The van der Waals surface area contributed by atoms with Crippen molar-refractivity contribution in [2.24, 2.45) is 0 Å². The second kappa shape index (κ2) is 2.77. The molecule has 3 heteroatoms. The fourth-order valence-corrected chi connectivity index (χ4v) is 0.764. The monoisotopic (exact) mass is 127 g/mol. The van der Waals surface area contributed by atoms with Gasteiger partial charge in [-0.25, -0.2) is 10.4 Å². The van der Waals surface area contributed by atoms with Crippen molar-refractivity contribution < 1.29 is 10.4 Å². The van der Waals surface area contributed by atoms with Gasteiger partial charge in [0.2, 0.25) is 0 Å². The van der Waals surface area contributed by atoms with Gasteiger partial charge in [-0.1, -0.05) is 18.2 Å². The molecule has 0 saturated heterocycles. The van der Waals surface area contributed by atoms with E-state index in [4.69, 9.17) is 5.21 Å². The third-order valence-corrected chi connectivity index (χ3v) is 1.30. The van der Waals surface area contributed by atoms with Crippen molar-refractivity contribution in [3.63, 3.8) is 0 Å². The zero-order valence-corrected chi connectivity index (χ0v) is 4.95. The van der Waals surface area contributed by atoms with Crippen LogP contribution in [0.4, 0.5) is 0 Å². The minimum Gasteiger partial charge on any atom is -0.600 e. The molecule has 0 aliphatic heterocycles. The number of allylic oxidation sites excluding steroid dienone is 2. The van der Waals surface area contributed by atoms with Gasteiger partial charge in [-0.15, -0.1) is 0 Å². The molecule has 3 nitrogen and oxygen atoms in total. The highest BCUT2D eigenvalue weighted by atomic mass is 16.8. The molecular formula is C6H9NO2. The Kier molecular flexibility index (Phi) is 2.00. The van der Waals surface area contributed by atoms with E-state index in [1.165, 1.54) is 0 Å². The van der Waals surface area contributed by atoms with Crippen LogP contribution >= 0.6 is 0 Å². The molecule has 1 rings (SSSR count). The molecule has 0 aromatic rings. The first-order chi connectivity index (χ1) is 4.30. The lowest BCUT2D eigenvalue weighted by atomic mass is 10.1. The van der Waals surface area contributed by atoms with E-state index in [1.54, 1.807) is 12.2 Å². The third-order valence-electron chi connectivity index (χ3n) is 1.30. The fraction of sp³-hybridized carbons (Fsp3) is 0.333. The van der Waals surface area contributed by atoms with Crippen LogP contribution in [0, 0.1) is 5.21 Å². The van der Waals surface area contributed by atoms with E-state index in [2.05, 4.69) is 0 Å². The molecule has 50 valence electrons. The molecule has 2 atom stereocenters. The van der Waals surface area contributed by atoms with Crippen LogP contribution < -0.4 is 5.23 Å². The Morgan fingerprint density at radius 1 is 1.56 bits per heavy atom. The molecule has 0 amide bonds. The van der Waals surface area contributed by atoms with Crippen LogP contribution in [0.15, 0.2) is 24.3 Å². The number of nitrogens with one attached hydrogen (secondary N) is 1. The fourth-order valence-electron chi connectivity index (χ4n) is 0.764. The van der Waals surface area contributed by atoms with Crippen LogP contribution in [0.1, 0.15) is 6.42 Å². The molecule has 1 aliphatic carbocycles. The van der Waals surface area contributed by atoms with Crippen molar-refractivity contribution in [1.29, 1.82) is 0 Å². The Morgan fingerprint density at radius 2 is 2.33 bits per heavy atom. The highest BCUT2D eigenvalue weighted by molar-refractivity contribution is 5.11. The summed E-state index contributed by atoms with van der Waals surface area (Å²) in [5.74, 6) is 0. The SMILES string of the molecule is [O-][NH+](O)C1C=CC=CC1. The Bertz CT molecular complexity index is 140. The number of hydrogen-bond donors (Lipinski definition) is 2. The van der Waals surface area contributed by atoms with Gasteiger partial charge in [0.1, 0.15) is 6.04 Å². The van der Waals surface area contributed by atoms with Crippen molar-refractivity contribution in [2.75, 3.05) is 0 Å². The Hall–Kier alpha value is -0.640. The first kappa shape index (κ1) is 6.48. The predicted molar refractivity (Wildman–Crippen MR) is 32.8 cm³/mol. The lowest BCUT2D eigenvalue weighted by molar-refractivity contribution is -1.06. The van der Waals surface area contributed by atoms with Gasteiger partial charge in [-0.2, -0.15) is 0 Å². The average molecular weight is 127 g/mol. The van der Waals surface area contributed by atoms with Crippen LogP contribution in [0.3, 0.4) is 0 Å². The molecule has 0 spiro atoms. The van der Waals surface area contributed by atoms with E-state index >= 15 is 0 Å². The minimum absolute atomic E-state index is 0.296. The second-order valence-electron chi connectivity index (χ2n) is 1.99. The molecule has 9 heavy (non-hydrogen) atoms. The molecule has 0 aromatic heterocycles. The van der Waals surface area contributed by atoms with Crippen LogP contribution in [-0.2, 0) is 0 Å². The van der Waals surface area contributed by atoms with E-state index < -0.39 is 5.23 Å². The van der Waals surface area contributed by atoms with Crippen LogP contribution in [0.5, 0.6) is 0 Å². The molecule has 0 aromatic carbocycles. The first-order valence-corrected chi connectivity index (χ1v) is 2.87. The molecule has 0 heterocycles. The third kappa shape index (κ3) is 1.64. The summed E-state index contributed by atoms with van der Waals surface area (Å²) in [6.07, 6.45) is 7.81. The van der Waals surface area contributed by atoms with Gasteiger partial charge in [0.25, 0.3) is 0 Å². The molecule has 1 aliphatic rings. The van der Waals surface area contributed by atoms with E-state index in [0.29, 0.717) is 6.42 Å². The number of hydrogen-bond acceptors (Lipinski definition) is 2. The quantitative estimate of drug-likeness (QED) is 0.473. The molecule has 0 bridgehead atoms. The minimum atomic E-state index is -0.740. The maximum atomic E-state index is 10.3. The van der Waals surface area contributed by atoms with Crippen molar-refractivity contribution in [2.45, 2.75) is 12.5 Å². The Balaban J connectivity index is 2.46. The summed E-state index contributed by atoms with van der Waals surface area (Å²) in [6.45, 7) is 0. The summed E-state index contributed by atoms with van der Waals surface area (Å²) in [4.78, 5) is 0. The maximum Gasteiger partial charge on any atom is 0.139 e. The summed E-state index contributed by atoms with van der Waals surface area (Å²) < 4.78 is 0. The molecule has 2 N–H and O–H groups in total. The van der Waals surface area contributed by atoms with Gasteiger partial charge in [0.05, 0.1) is 0 Å². The van der Waals surface area contributed by atoms with Gasteiger partial charge >= 0.3 is 0 Å². The first-order valence-electron chi connectivity index (χ1n) is 2.87. The number of quaternary nitrogens is 1. The van der Waals surface area contributed by atoms with Crippen LogP contribution in [-0.4, -0.2) is 11.2 Å². The number of rotatable bonds is 1. The van der Waals surface area contributed by atoms with E-state index in [-0.39, 0.29) is 6.04 Å². The Labute approximate surface area is 53.4 Å². The zero-order chi connectivity index (χ0) is 6.69. The van der Waals surface area contributed by atoms with Crippen LogP contribution in [0.25, 0.3) is 0 Å². The number of hydroxylamine groups is 2. The van der Waals surface area contributed by atoms with Crippen molar-refractivity contribution in [1.82, 2.24) is 0 Å². The largest absolute Gasteiger partial charge is 0.600 e. The van der Waals surface area contributed by atoms with Crippen molar-refractivity contribution in [3.8, 4) is 0 Å². The van der Waals surface area contributed by atoms with Gasteiger partial charge in [0.15, 0.2) is 0 Å². The summed E-state index contributed by atoms with van der Waals surface area (Å²) in [5, 5.41) is 18.0. The van der Waals surface area contributed by atoms with Gasteiger partial charge in [-0.3, -0.25) is 0 Å². The van der Waals surface area contributed by atoms with Crippen molar-refractivity contribution in [3.05, 3.63) is 29.5 Å². The molecule has 0 saturated carbocycles. The normalized spacial score (nSPS) is 28.4. The van der Waals surface area contributed by atoms with E-state index in [1.807, 2.05) is 12.2 Å². The van der Waals surface area contributed by atoms with Gasteiger partial charge < -0.3 is 5.21 Å². The predicted octanol–water partition coefficient (Wildman–Crippen LogP) is -0.357. The molecule has 0 fully saturated rings. The standard InChI is InChI=1S/C6H9NO2/c8-7(9)6-4-2-1-3-5-6/h1-4,6-8H,5H2. The lowest BCUT2D eigenvalue weighted by Gasteiger charge is -2.20. The molecular weight excluding hydrogens is 118 g/mol. The summed E-state index contributed by atoms with van der Waals surface area (Å²) in [5.41, 5.74) is 0. The summed E-state index contributed by atoms with van der Waals surface area (Å²) in [6, 6.07) is -0.296. The van der Waals surface area contributed by atoms with Crippen LogP contribution in [0.2, 0.25) is 0 Å². The van der Waals surface area contributed by atoms with E-state index in [0.717, 1.165) is 0 Å². The highest BCUT2D eigenvalue weighted by Gasteiger charge is 2.09. The summed E-state index contributed by atoms with van der Waals surface area (Å²) >= 11 is 0. The van der Waals surface area contributed by atoms with E-state index in [9.17, 15) is 5.21 Å². The highest BCUT2D eigenvalue weighted by Crippen LogP contribution is 1.97. The topological polar surface area (TPSA) is 47.7 Å². The van der Waals surface area contributed by atoms with Crippen molar-refractivity contribution >= 4 is 0 Å². The summed E-state index contributed by atoms with van der Waals surface area (Å²) in [7, 11) is 0. The second-order valence-corrected chi connectivity index (χ2v) is 1.99. The molecule has 2 unspecified atom stereocenters. The van der Waals surface area contributed by atoms with Gasteiger partial charge in [0, 0.05) is 6.42 Å². The maximum absolute atomic E-state index is 10.3. The lowest BCUT2D eigenvalue weighted by Crippen LogP contribution is -3.08. The smallest absolute Gasteiger partial charge is 0.139 e. The molecule has 0 radical (unpaired) electrons. The zero-order valence-electron chi connectivity index (χ0n) is 4.95. The van der Waals surface area contributed by atoms with Gasteiger partial charge in [-0.05, 0) is 6.08 Å². The Morgan fingerprint density at radius 3 is 2.67 bits per heavy atom.